The molecule has 2 aromatic rings. The molecule has 27 heavy (non-hydrogen) atoms. The topological polar surface area (TPSA) is 40.5 Å². The van der Waals surface area contributed by atoms with Crippen molar-refractivity contribution >= 4 is 11.5 Å². The van der Waals surface area contributed by atoms with Gasteiger partial charge in [-0.25, -0.2) is 0 Å². The number of carbonyl (C=O) groups excluding carboxylic acids is 1. The van der Waals surface area contributed by atoms with Gasteiger partial charge in [0.2, 0.25) is 0 Å². The molecule has 0 aliphatic carbocycles. The number of rotatable bonds is 11. The lowest BCUT2D eigenvalue weighted by Crippen LogP contribution is -2.13. The van der Waals surface area contributed by atoms with Crippen LogP contribution in [0, 0.1) is 0 Å². The summed E-state index contributed by atoms with van der Waals surface area (Å²) in [6, 6.07) is 15.2. The maximum atomic E-state index is 12.5. The number of aryl methyl sites for hydroxylation is 1. The Morgan fingerprint density at radius 2 is 1.48 bits per heavy atom. The molecule has 0 aromatic heterocycles. The lowest BCUT2D eigenvalue weighted by Gasteiger charge is -2.14. The summed E-state index contributed by atoms with van der Waals surface area (Å²) >= 11 is 0. The van der Waals surface area contributed by atoms with Crippen LogP contribution < -0.4 is 4.90 Å². The van der Waals surface area contributed by atoms with Crippen molar-refractivity contribution in [2.24, 2.45) is 0 Å². The Kier molecular flexibility index (Phi) is 8.53. The molecule has 2 rings (SSSR count). The van der Waals surface area contributed by atoms with Crippen LogP contribution in [-0.2, 0) is 6.42 Å². The SMILES string of the molecule is CCCCCCCCc1ccc(C(O)C(=O)c2ccc(N(C)C)cc2)cc1. The number of hydrogen-bond acceptors (Lipinski definition) is 3. The van der Waals surface area contributed by atoms with Crippen LogP contribution in [0.25, 0.3) is 0 Å². The van der Waals surface area contributed by atoms with Crippen molar-refractivity contribution in [2.45, 2.75) is 58.0 Å². The normalized spacial score (nSPS) is 12.0. The first kappa shape index (κ1) is 21.2. The zero-order valence-electron chi connectivity index (χ0n) is 16.9. The Labute approximate surface area is 164 Å². The monoisotopic (exact) mass is 367 g/mol. The standard InChI is InChI=1S/C24H33NO2/c1-4-5-6-7-8-9-10-19-11-13-20(14-12-19)23(26)24(27)21-15-17-22(18-16-21)25(2)3/h11-18,23,26H,4-10H2,1-3H3. The third-order valence-corrected chi connectivity index (χ3v) is 5.03. The Morgan fingerprint density at radius 1 is 0.889 bits per heavy atom. The van der Waals surface area contributed by atoms with Crippen LogP contribution in [0.2, 0.25) is 0 Å². The first-order valence-corrected chi connectivity index (χ1v) is 10.1. The van der Waals surface area contributed by atoms with Crippen LogP contribution in [0.5, 0.6) is 0 Å². The molecule has 0 saturated carbocycles. The van der Waals surface area contributed by atoms with Gasteiger partial charge in [-0.2, -0.15) is 0 Å². The predicted molar refractivity (Wildman–Crippen MR) is 114 cm³/mol. The van der Waals surface area contributed by atoms with Gasteiger partial charge in [0.15, 0.2) is 5.78 Å². The van der Waals surface area contributed by atoms with Gasteiger partial charge in [0, 0.05) is 25.3 Å². The summed E-state index contributed by atoms with van der Waals surface area (Å²) in [5.41, 5.74) is 3.48. The molecular formula is C24H33NO2. The van der Waals surface area contributed by atoms with Crippen LogP contribution >= 0.6 is 0 Å². The van der Waals surface area contributed by atoms with E-state index in [-0.39, 0.29) is 5.78 Å². The lowest BCUT2D eigenvalue weighted by molar-refractivity contribution is 0.0747. The van der Waals surface area contributed by atoms with Gasteiger partial charge in [0.1, 0.15) is 6.10 Å². The Bertz CT molecular complexity index is 689. The second-order valence-corrected chi connectivity index (χ2v) is 7.47. The molecule has 0 spiro atoms. The highest BCUT2D eigenvalue weighted by Crippen LogP contribution is 2.21. The number of aliphatic hydroxyl groups excluding tert-OH is 1. The van der Waals surface area contributed by atoms with Crippen molar-refractivity contribution in [2.75, 3.05) is 19.0 Å². The van der Waals surface area contributed by atoms with E-state index in [1.165, 1.54) is 44.1 Å². The smallest absolute Gasteiger partial charge is 0.195 e. The fraction of sp³-hybridized carbons (Fsp3) is 0.458. The molecular weight excluding hydrogens is 334 g/mol. The molecule has 1 atom stereocenters. The van der Waals surface area contributed by atoms with Gasteiger partial charge in [0.25, 0.3) is 0 Å². The molecule has 0 saturated heterocycles. The fourth-order valence-corrected chi connectivity index (χ4v) is 3.21. The highest BCUT2D eigenvalue weighted by Gasteiger charge is 2.19. The molecule has 3 heteroatoms. The first-order valence-electron chi connectivity index (χ1n) is 10.1. The first-order chi connectivity index (χ1) is 13.0. The van der Waals surface area contributed by atoms with E-state index in [4.69, 9.17) is 0 Å². The minimum Gasteiger partial charge on any atom is -0.380 e. The van der Waals surface area contributed by atoms with Gasteiger partial charge in [0.05, 0.1) is 0 Å². The summed E-state index contributed by atoms with van der Waals surface area (Å²) in [4.78, 5) is 14.5. The average Bonchev–Trinajstić information content (AvgIpc) is 2.70. The molecule has 0 radical (unpaired) electrons. The van der Waals surface area contributed by atoms with Crippen molar-refractivity contribution < 1.29 is 9.90 Å². The third-order valence-electron chi connectivity index (χ3n) is 5.03. The van der Waals surface area contributed by atoms with Crippen LogP contribution in [0.1, 0.15) is 73.0 Å². The maximum Gasteiger partial charge on any atom is 0.195 e. The minimum absolute atomic E-state index is 0.260. The van der Waals surface area contributed by atoms with Crippen molar-refractivity contribution in [1.82, 2.24) is 0 Å². The number of carbonyl (C=O) groups is 1. The molecule has 146 valence electrons. The van der Waals surface area contributed by atoms with Gasteiger partial charge in [-0.05, 0) is 48.2 Å². The van der Waals surface area contributed by atoms with E-state index < -0.39 is 6.10 Å². The van der Waals surface area contributed by atoms with E-state index in [1.54, 1.807) is 12.1 Å². The van der Waals surface area contributed by atoms with E-state index in [1.807, 2.05) is 55.4 Å². The highest BCUT2D eigenvalue weighted by molar-refractivity contribution is 6.00. The molecule has 0 aliphatic rings. The quantitative estimate of drug-likeness (QED) is 0.417. The molecule has 2 aromatic carbocycles. The van der Waals surface area contributed by atoms with Gasteiger partial charge in [-0.3, -0.25) is 4.79 Å². The number of nitrogens with zero attached hydrogens (tertiary/aromatic N) is 1. The number of Topliss-reactive ketones (excluding diaryl/α,β-unsaturated/α-hetero) is 1. The van der Waals surface area contributed by atoms with Gasteiger partial charge < -0.3 is 10.0 Å². The summed E-state index contributed by atoms with van der Waals surface area (Å²) in [6.45, 7) is 2.24. The van der Waals surface area contributed by atoms with E-state index in [2.05, 4.69) is 6.92 Å². The lowest BCUT2D eigenvalue weighted by atomic mass is 9.97. The summed E-state index contributed by atoms with van der Waals surface area (Å²) in [5.74, 6) is -0.260. The van der Waals surface area contributed by atoms with Gasteiger partial charge in [-0.1, -0.05) is 63.3 Å². The number of unbranched alkanes of at least 4 members (excludes halogenated alkanes) is 5. The molecule has 1 unspecified atom stereocenters. The summed E-state index contributed by atoms with van der Waals surface area (Å²) in [6.07, 6.45) is 7.67. The molecule has 0 fully saturated rings. The van der Waals surface area contributed by atoms with Crippen LogP contribution in [0.3, 0.4) is 0 Å². The average molecular weight is 368 g/mol. The summed E-state index contributed by atoms with van der Waals surface area (Å²) in [7, 11) is 3.91. The number of ketones is 1. The van der Waals surface area contributed by atoms with Crippen molar-refractivity contribution in [1.29, 1.82) is 0 Å². The Hall–Kier alpha value is -2.13. The maximum absolute atomic E-state index is 12.5. The summed E-state index contributed by atoms with van der Waals surface area (Å²) in [5, 5.41) is 10.4. The van der Waals surface area contributed by atoms with E-state index in [0.29, 0.717) is 11.1 Å². The molecule has 1 N–H and O–H groups in total. The third kappa shape index (κ3) is 6.51. The predicted octanol–water partition coefficient (Wildman–Crippen LogP) is 5.57. The van der Waals surface area contributed by atoms with E-state index >= 15 is 0 Å². The molecule has 0 aliphatic heterocycles. The molecule has 0 amide bonds. The van der Waals surface area contributed by atoms with Crippen LogP contribution in [0.4, 0.5) is 5.69 Å². The second-order valence-electron chi connectivity index (χ2n) is 7.47. The Morgan fingerprint density at radius 3 is 2.07 bits per heavy atom. The highest BCUT2D eigenvalue weighted by atomic mass is 16.3. The van der Waals surface area contributed by atoms with Gasteiger partial charge in [-0.15, -0.1) is 0 Å². The fourth-order valence-electron chi connectivity index (χ4n) is 3.21. The number of benzene rings is 2. The number of aliphatic hydroxyl groups is 1. The number of hydrogen-bond donors (Lipinski definition) is 1. The summed E-state index contributed by atoms with van der Waals surface area (Å²) < 4.78 is 0. The second kappa shape index (κ2) is 10.9. The Balaban J connectivity index is 1.88. The molecule has 3 nitrogen and oxygen atoms in total. The molecule has 0 heterocycles. The van der Waals surface area contributed by atoms with E-state index in [9.17, 15) is 9.90 Å². The van der Waals surface area contributed by atoms with Crippen molar-refractivity contribution in [3.63, 3.8) is 0 Å². The van der Waals surface area contributed by atoms with E-state index in [0.717, 1.165) is 12.1 Å². The molecule has 0 bridgehead atoms. The van der Waals surface area contributed by atoms with Crippen LogP contribution in [-0.4, -0.2) is 25.0 Å². The zero-order chi connectivity index (χ0) is 19.6. The van der Waals surface area contributed by atoms with Crippen molar-refractivity contribution in [3.05, 3.63) is 65.2 Å². The number of anilines is 1. The van der Waals surface area contributed by atoms with Crippen molar-refractivity contribution in [3.8, 4) is 0 Å². The zero-order valence-corrected chi connectivity index (χ0v) is 16.9. The minimum atomic E-state index is -1.11. The largest absolute Gasteiger partial charge is 0.380 e. The van der Waals surface area contributed by atoms with Gasteiger partial charge >= 0.3 is 0 Å². The van der Waals surface area contributed by atoms with Crippen LogP contribution in [0.15, 0.2) is 48.5 Å².